The molecule has 0 aromatic heterocycles. The van der Waals surface area contributed by atoms with Crippen LogP contribution in [-0.2, 0) is 9.53 Å². The van der Waals surface area contributed by atoms with Crippen LogP contribution in [0.2, 0.25) is 0 Å². The third-order valence-corrected chi connectivity index (χ3v) is 2.43. The number of ether oxygens (including phenoxy) is 3. The smallest absolute Gasteiger partial charge is 0.405 e. The molecule has 0 aliphatic carbocycles. The minimum Gasteiger partial charge on any atom is -0.493 e. The maximum atomic E-state index is 11.9. The summed E-state index contributed by atoms with van der Waals surface area (Å²) in [5.41, 5.74) is 0.202. The van der Waals surface area contributed by atoms with E-state index in [0.29, 0.717) is 0 Å². The molecule has 0 bridgehead atoms. The van der Waals surface area contributed by atoms with Crippen LogP contribution in [0.4, 0.5) is 13.2 Å². The molecule has 1 N–H and O–H groups in total. The van der Waals surface area contributed by atoms with Gasteiger partial charge in [-0.25, -0.2) is 4.79 Å². The monoisotopic (exact) mass is 321 g/mol. The van der Waals surface area contributed by atoms with Gasteiger partial charge in [0.05, 0.1) is 19.8 Å². The van der Waals surface area contributed by atoms with Crippen LogP contribution in [0.1, 0.15) is 10.4 Å². The number of hydrogen-bond acceptors (Lipinski definition) is 5. The average molecular weight is 321 g/mol. The van der Waals surface area contributed by atoms with E-state index in [1.165, 1.54) is 32.4 Å². The Labute approximate surface area is 124 Å². The van der Waals surface area contributed by atoms with Crippen molar-refractivity contribution < 1.29 is 37.0 Å². The van der Waals surface area contributed by atoms with Crippen LogP contribution < -0.4 is 14.8 Å². The van der Waals surface area contributed by atoms with Crippen molar-refractivity contribution in [3.8, 4) is 11.5 Å². The highest BCUT2D eigenvalue weighted by molar-refractivity contribution is 5.90. The minimum atomic E-state index is -4.49. The number of esters is 1. The van der Waals surface area contributed by atoms with Crippen LogP contribution in [0.15, 0.2) is 18.2 Å². The van der Waals surface area contributed by atoms with Gasteiger partial charge < -0.3 is 19.5 Å². The van der Waals surface area contributed by atoms with E-state index >= 15 is 0 Å². The van der Waals surface area contributed by atoms with Gasteiger partial charge in [0.15, 0.2) is 18.1 Å². The van der Waals surface area contributed by atoms with Crippen molar-refractivity contribution in [2.24, 2.45) is 0 Å². The number of benzene rings is 1. The summed E-state index contributed by atoms with van der Waals surface area (Å²) in [6.45, 7) is -2.06. The van der Waals surface area contributed by atoms with Gasteiger partial charge in [0.25, 0.3) is 5.91 Å². The number of nitrogens with one attached hydrogen (secondary N) is 1. The van der Waals surface area contributed by atoms with Gasteiger partial charge in [-0.1, -0.05) is 0 Å². The number of hydrogen-bond donors (Lipinski definition) is 1. The fourth-order valence-electron chi connectivity index (χ4n) is 1.42. The minimum absolute atomic E-state index is 0.109. The molecule has 0 saturated carbocycles. The molecule has 0 fully saturated rings. The first kappa shape index (κ1) is 17.6. The summed E-state index contributed by atoms with van der Waals surface area (Å²) >= 11 is 0. The molecule has 1 aromatic rings. The molecular weight excluding hydrogens is 307 g/mol. The lowest BCUT2D eigenvalue weighted by molar-refractivity contribution is -0.139. The van der Waals surface area contributed by atoms with E-state index in [4.69, 9.17) is 9.47 Å². The van der Waals surface area contributed by atoms with Crippen LogP contribution >= 0.6 is 0 Å². The van der Waals surface area contributed by atoms with Crippen molar-refractivity contribution in [2.45, 2.75) is 6.18 Å². The Balaban J connectivity index is 2.66. The second-order valence-corrected chi connectivity index (χ2v) is 4.04. The summed E-state index contributed by atoms with van der Waals surface area (Å²) in [7, 11) is 2.52. The first-order valence-corrected chi connectivity index (χ1v) is 5.99. The molecular formula is C13H14F3NO5. The van der Waals surface area contributed by atoms with E-state index in [-0.39, 0.29) is 17.1 Å². The molecule has 0 aliphatic heterocycles. The van der Waals surface area contributed by atoms with Gasteiger partial charge in [-0.15, -0.1) is 0 Å². The van der Waals surface area contributed by atoms with E-state index in [1.807, 2.05) is 0 Å². The predicted molar refractivity (Wildman–Crippen MR) is 68.9 cm³/mol. The Morgan fingerprint density at radius 1 is 1.18 bits per heavy atom. The molecule has 0 heterocycles. The molecule has 122 valence electrons. The lowest BCUT2D eigenvalue weighted by atomic mass is 10.2. The highest BCUT2D eigenvalue weighted by Crippen LogP contribution is 2.28. The summed E-state index contributed by atoms with van der Waals surface area (Å²) < 4.78 is 50.4. The van der Waals surface area contributed by atoms with Crippen molar-refractivity contribution in [2.75, 3.05) is 27.4 Å². The molecule has 0 atom stereocenters. The Bertz CT molecular complexity index is 545. The van der Waals surface area contributed by atoms with Crippen molar-refractivity contribution in [1.82, 2.24) is 5.32 Å². The number of amides is 1. The maximum absolute atomic E-state index is 11.9. The largest absolute Gasteiger partial charge is 0.493 e. The lowest BCUT2D eigenvalue weighted by Gasteiger charge is -2.12. The van der Waals surface area contributed by atoms with Crippen molar-refractivity contribution >= 4 is 11.9 Å². The van der Waals surface area contributed by atoms with Crippen molar-refractivity contribution in [1.29, 1.82) is 0 Å². The van der Waals surface area contributed by atoms with Gasteiger partial charge in [-0.3, -0.25) is 4.79 Å². The van der Waals surface area contributed by atoms with E-state index in [9.17, 15) is 22.8 Å². The second kappa shape index (κ2) is 7.53. The maximum Gasteiger partial charge on any atom is 0.405 e. The predicted octanol–water partition coefficient (Wildman–Crippen LogP) is 1.54. The van der Waals surface area contributed by atoms with Gasteiger partial charge in [0.1, 0.15) is 6.54 Å². The van der Waals surface area contributed by atoms with Gasteiger partial charge in [0, 0.05) is 0 Å². The molecule has 0 aliphatic rings. The third-order valence-electron chi connectivity index (χ3n) is 2.43. The van der Waals surface area contributed by atoms with E-state index in [2.05, 4.69) is 4.74 Å². The third kappa shape index (κ3) is 5.51. The topological polar surface area (TPSA) is 73.9 Å². The Morgan fingerprint density at radius 3 is 2.41 bits per heavy atom. The van der Waals surface area contributed by atoms with Crippen LogP contribution in [-0.4, -0.2) is 45.4 Å². The average Bonchev–Trinajstić information content (AvgIpc) is 2.49. The fraction of sp³-hybridized carbons (Fsp3) is 0.385. The van der Waals surface area contributed by atoms with Crippen LogP contribution in [0.3, 0.4) is 0 Å². The number of carbonyl (C=O) groups is 2. The number of halogens is 3. The molecule has 6 nitrogen and oxygen atoms in total. The van der Waals surface area contributed by atoms with Crippen molar-refractivity contribution in [3.63, 3.8) is 0 Å². The van der Waals surface area contributed by atoms with E-state index in [1.54, 1.807) is 5.32 Å². The summed E-state index contributed by atoms with van der Waals surface area (Å²) in [5, 5.41) is 1.67. The second-order valence-electron chi connectivity index (χ2n) is 4.04. The molecule has 1 aromatic carbocycles. The summed E-state index contributed by atoms with van der Waals surface area (Å²) in [6, 6.07) is 4.05. The Kier molecular flexibility index (Phi) is 6.02. The standard InChI is InChI=1S/C13H14F3NO5/c1-20-10-5-8(12(19)21-2)3-4-9(10)22-6-11(18)17-7-13(14,15)16/h3-5H,6-7H2,1-2H3,(H,17,18). The zero-order valence-corrected chi connectivity index (χ0v) is 11.8. The molecule has 0 unspecified atom stereocenters. The molecule has 0 spiro atoms. The van der Waals surface area contributed by atoms with Gasteiger partial charge in [-0.2, -0.15) is 13.2 Å². The molecule has 1 amide bonds. The lowest BCUT2D eigenvalue weighted by Crippen LogP contribution is -2.36. The molecule has 0 radical (unpaired) electrons. The highest BCUT2D eigenvalue weighted by Gasteiger charge is 2.27. The quantitative estimate of drug-likeness (QED) is 0.805. The molecule has 9 heteroatoms. The van der Waals surface area contributed by atoms with Gasteiger partial charge in [0.2, 0.25) is 0 Å². The fourth-order valence-corrected chi connectivity index (χ4v) is 1.42. The first-order chi connectivity index (χ1) is 10.3. The Hall–Kier alpha value is -2.45. The van der Waals surface area contributed by atoms with Gasteiger partial charge in [-0.05, 0) is 18.2 Å². The molecule has 0 saturated heterocycles. The van der Waals surface area contributed by atoms with E-state index < -0.39 is 31.2 Å². The number of methoxy groups -OCH3 is 2. The van der Waals surface area contributed by atoms with Crippen LogP contribution in [0, 0.1) is 0 Å². The van der Waals surface area contributed by atoms with Crippen molar-refractivity contribution in [3.05, 3.63) is 23.8 Å². The molecule has 1 rings (SSSR count). The van der Waals surface area contributed by atoms with E-state index in [0.717, 1.165) is 0 Å². The highest BCUT2D eigenvalue weighted by atomic mass is 19.4. The number of carbonyl (C=O) groups excluding carboxylic acids is 2. The zero-order chi connectivity index (χ0) is 16.8. The number of alkyl halides is 3. The summed E-state index contributed by atoms with van der Waals surface area (Å²) in [6.07, 6.45) is -4.49. The zero-order valence-electron chi connectivity index (χ0n) is 11.8. The summed E-state index contributed by atoms with van der Waals surface area (Å²) in [4.78, 5) is 22.6. The SMILES string of the molecule is COC(=O)c1ccc(OCC(=O)NCC(F)(F)F)c(OC)c1. The normalized spacial score (nSPS) is 10.8. The van der Waals surface area contributed by atoms with Crippen LogP contribution in [0.5, 0.6) is 11.5 Å². The van der Waals surface area contributed by atoms with Gasteiger partial charge >= 0.3 is 12.1 Å². The number of rotatable bonds is 6. The van der Waals surface area contributed by atoms with Crippen LogP contribution in [0.25, 0.3) is 0 Å². The first-order valence-electron chi connectivity index (χ1n) is 5.99. The Morgan fingerprint density at radius 2 is 1.86 bits per heavy atom. The molecule has 22 heavy (non-hydrogen) atoms. The summed E-state index contributed by atoms with van der Waals surface area (Å²) in [5.74, 6) is -1.27.